The quantitative estimate of drug-likeness (QED) is 0.294. The van der Waals surface area contributed by atoms with Crippen molar-refractivity contribution in [1.82, 2.24) is 20.9 Å². The highest BCUT2D eigenvalue weighted by atomic mass is 19.4. The average molecular weight is 565 g/mol. The third kappa shape index (κ3) is 8.17. The average Bonchev–Trinajstić information content (AvgIpc) is 2.93. The molecule has 0 aliphatic carbocycles. The Morgan fingerprint density at radius 1 is 1.12 bits per heavy atom. The van der Waals surface area contributed by atoms with Crippen LogP contribution in [0, 0.1) is 5.92 Å². The fraction of sp³-hybridized carbons (Fsp3) is 0.500. The van der Waals surface area contributed by atoms with Gasteiger partial charge in [0.05, 0.1) is 12.1 Å². The van der Waals surface area contributed by atoms with Gasteiger partial charge in [0.25, 0.3) is 0 Å². The van der Waals surface area contributed by atoms with Crippen molar-refractivity contribution >= 4 is 11.8 Å². The molecular formula is C28H35F3N4O5. The smallest absolute Gasteiger partial charge is 0.405 e. The van der Waals surface area contributed by atoms with Crippen LogP contribution in [0.4, 0.5) is 13.2 Å². The van der Waals surface area contributed by atoms with Crippen molar-refractivity contribution in [2.45, 2.75) is 43.3 Å². The van der Waals surface area contributed by atoms with Gasteiger partial charge in [0, 0.05) is 37.7 Å². The number of amides is 2. The Kier molecular flexibility index (Phi) is 10.0. The van der Waals surface area contributed by atoms with E-state index in [4.69, 9.17) is 4.74 Å². The number of rotatable bonds is 10. The number of piperazine rings is 1. The van der Waals surface area contributed by atoms with Gasteiger partial charge in [-0.1, -0.05) is 48.5 Å². The molecule has 12 heteroatoms. The minimum Gasteiger partial charge on any atom is -0.490 e. The van der Waals surface area contributed by atoms with Crippen LogP contribution in [-0.2, 0) is 16.0 Å². The minimum atomic E-state index is -4.53. The molecule has 2 heterocycles. The number of nitrogens with one attached hydrogen (secondary N) is 3. The summed E-state index contributed by atoms with van der Waals surface area (Å²) in [7, 11) is 0. The molecule has 2 aromatic carbocycles. The van der Waals surface area contributed by atoms with Crippen LogP contribution >= 0.6 is 0 Å². The molecule has 5 N–H and O–H groups in total. The molecule has 4 rings (SSSR count). The zero-order valence-electron chi connectivity index (χ0n) is 21.9. The Labute approximate surface area is 230 Å². The van der Waals surface area contributed by atoms with Crippen molar-refractivity contribution in [2.24, 2.45) is 5.92 Å². The molecule has 218 valence electrons. The maximum absolute atomic E-state index is 13.6. The summed E-state index contributed by atoms with van der Waals surface area (Å²) in [5.74, 6) is -1.24. The molecule has 40 heavy (non-hydrogen) atoms. The van der Waals surface area contributed by atoms with Gasteiger partial charge in [-0.25, -0.2) is 0 Å². The SMILES string of the molecule is O=C(N[C@H]1c2ccccc2OC[C@H]1O)[C@H](Cc1ccccc1)C[C@H](O)CN1CCNC[C@H]1C(=O)NCC(F)(F)F. The number of aliphatic hydroxyl groups is 2. The minimum absolute atomic E-state index is 0.00702. The lowest BCUT2D eigenvalue weighted by atomic mass is 9.90. The molecular weight excluding hydrogens is 529 g/mol. The number of halogens is 3. The van der Waals surface area contributed by atoms with Crippen molar-refractivity contribution in [3.8, 4) is 5.75 Å². The highest BCUT2D eigenvalue weighted by molar-refractivity contribution is 5.82. The fourth-order valence-corrected chi connectivity index (χ4v) is 5.18. The molecule has 0 bridgehead atoms. The van der Waals surface area contributed by atoms with Crippen LogP contribution < -0.4 is 20.7 Å². The standard InChI is InChI=1S/C28H35F3N4O5/c29-28(30,31)17-33-27(39)22-14-32-10-11-35(22)15-20(36)13-19(12-18-6-2-1-3-7-18)26(38)34-25-21-8-4-5-9-24(21)40-16-23(25)37/h1-9,19-20,22-23,25,32,36-37H,10-17H2,(H,33,39)(H,34,38)/t19-,20+,22+,23-,25+/m1/s1. The number of β-amino-alcohol motifs (C(OH)–C–C–N with tert-alkyl or cyclic N) is 1. The van der Waals surface area contributed by atoms with E-state index in [9.17, 15) is 33.0 Å². The summed E-state index contributed by atoms with van der Waals surface area (Å²) in [5.41, 5.74) is 1.54. The molecule has 1 fully saturated rings. The number of hydrogen-bond donors (Lipinski definition) is 5. The molecule has 0 aromatic heterocycles. The third-order valence-corrected chi connectivity index (χ3v) is 7.16. The first-order chi connectivity index (χ1) is 19.1. The van der Waals surface area contributed by atoms with Gasteiger partial charge >= 0.3 is 6.18 Å². The lowest BCUT2D eigenvalue weighted by Crippen LogP contribution is -2.60. The van der Waals surface area contributed by atoms with Gasteiger partial charge in [-0.05, 0) is 24.5 Å². The molecule has 0 unspecified atom stereocenters. The predicted octanol–water partition coefficient (Wildman–Crippen LogP) is 1.16. The van der Waals surface area contributed by atoms with E-state index >= 15 is 0 Å². The van der Waals surface area contributed by atoms with Crippen LogP contribution in [0.15, 0.2) is 54.6 Å². The summed E-state index contributed by atoms with van der Waals surface area (Å²) < 4.78 is 43.4. The molecule has 2 aromatic rings. The van der Waals surface area contributed by atoms with Crippen LogP contribution in [0.5, 0.6) is 5.75 Å². The topological polar surface area (TPSA) is 123 Å². The summed E-state index contributed by atoms with van der Waals surface area (Å²) in [4.78, 5) is 27.7. The largest absolute Gasteiger partial charge is 0.490 e. The van der Waals surface area contributed by atoms with Crippen LogP contribution in [0.2, 0.25) is 0 Å². The molecule has 2 amide bonds. The predicted molar refractivity (Wildman–Crippen MR) is 140 cm³/mol. The van der Waals surface area contributed by atoms with Gasteiger partial charge in [0.2, 0.25) is 11.8 Å². The number of ether oxygens (including phenoxy) is 1. The number of carbonyl (C=O) groups excluding carboxylic acids is 2. The highest BCUT2D eigenvalue weighted by Gasteiger charge is 2.36. The normalized spacial score (nSPS) is 22.9. The summed E-state index contributed by atoms with van der Waals surface area (Å²) in [6, 6.07) is 14.9. The van der Waals surface area contributed by atoms with E-state index in [1.165, 1.54) is 0 Å². The van der Waals surface area contributed by atoms with E-state index in [-0.39, 0.29) is 32.0 Å². The number of nitrogens with zero attached hydrogens (tertiary/aromatic N) is 1. The Balaban J connectivity index is 1.45. The maximum Gasteiger partial charge on any atom is 0.405 e. The number of para-hydroxylation sites is 1. The van der Waals surface area contributed by atoms with E-state index in [1.54, 1.807) is 29.2 Å². The molecule has 2 aliphatic rings. The van der Waals surface area contributed by atoms with E-state index in [1.807, 2.05) is 35.6 Å². The maximum atomic E-state index is 13.6. The number of aliphatic hydroxyl groups excluding tert-OH is 2. The summed E-state index contributed by atoms with van der Waals surface area (Å²) in [5, 5.41) is 29.5. The van der Waals surface area contributed by atoms with Crippen LogP contribution in [0.3, 0.4) is 0 Å². The van der Waals surface area contributed by atoms with Gasteiger partial charge < -0.3 is 30.9 Å². The zero-order valence-corrected chi connectivity index (χ0v) is 21.9. The number of alkyl halides is 3. The first kappa shape index (κ1) is 29.8. The summed E-state index contributed by atoms with van der Waals surface area (Å²) in [6.45, 7) is -0.404. The summed E-state index contributed by atoms with van der Waals surface area (Å²) >= 11 is 0. The van der Waals surface area contributed by atoms with Gasteiger partial charge in [-0.2, -0.15) is 13.2 Å². The first-order valence-corrected chi connectivity index (χ1v) is 13.3. The second-order valence-corrected chi connectivity index (χ2v) is 10.2. The van der Waals surface area contributed by atoms with E-state index in [0.717, 1.165) is 5.56 Å². The Morgan fingerprint density at radius 2 is 1.85 bits per heavy atom. The van der Waals surface area contributed by atoms with Crippen LogP contribution in [0.25, 0.3) is 0 Å². The van der Waals surface area contributed by atoms with Gasteiger partial charge in [-0.3, -0.25) is 14.5 Å². The van der Waals surface area contributed by atoms with E-state index in [2.05, 4.69) is 10.6 Å². The molecule has 0 radical (unpaired) electrons. The monoisotopic (exact) mass is 564 g/mol. The van der Waals surface area contributed by atoms with Gasteiger partial charge in [-0.15, -0.1) is 0 Å². The second-order valence-electron chi connectivity index (χ2n) is 10.2. The zero-order chi connectivity index (χ0) is 28.7. The fourth-order valence-electron chi connectivity index (χ4n) is 5.18. The molecule has 2 aliphatic heterocycles. The molecule has 0 spiro atoms. The van der Waals surface area contributed by atoms with Gasteiger partial charge in [0.15, 0.2) is 0 Å². The van der Waals surface area contributed by atoms with Crippen LogP contribution in [-0.4, -0.2) is 90.7 Å². The molecule has 1 saturated heterocycles. The number of hydrogen-bond acceptors (Lipinski definition) is 7. The number of carbonyl (C=O) groups is 2. The molecule has 0 saturated carbocycles. The molecule has 9 nitrogen and oxygen atoms in total. The van der Waals surface area contributed by atoms with Crippen LogP contribution in [0.1, 0.15) is 23.6 Å². The van der Waals surface area contributed by atoms with Gasteiger partial charge in [0.1, 0.15) is 31.0 Å². The third-order valence-electron chi connectivity index (χ3n) is 7.16. The second kappa shape index (κ2) is 13.4. The van der Waals surface area contributed by atoms with E-state index < -0.39 is 48.8 Å². The Bertz CT molecular complexity index is 1140. The van der Waals surface area contributed by atoms with Crippen molar-refractivity contribution in [2.75, 3.05) is 39.3 Å². The van der Waals surface area contributed by atoms with Crippen molar-refractivity contribution in [3.63, 3.8) is 0 Å². The lowest BCUT2D eigenvalue weighted by molar-refractivity contribution is -0.142. The Morgan fingerprint density at radius 3 is 2.60 bits per heavy atom. The number of benzene rings is 2. The first-order valence-electron chi connectivity index (χ1n) is 13.3. The summed E-state index contributed by atoms with van der Waals surface area (Å²) in [6.07, 6.45) is -6.16. The van der Waals surface area contributed by atoms with Crippen molar-refractivity contribution in [3.05, 3.63) is 65.7 Å². The van der Waals surface area contributed by atoms with E-state index in [0.29, 0.717) is 30.8 Å². The number of fused-ring (bicyclic) bond motifs is 1. The van der Waals surface area contributed by atoms with Crippen molar-refractivity contribution < 1.29 is 37.7 Å². The molecule has 5 atom stereocenters. The lowest BCUT2D eigenvalue weighted by Gasteiger charge is -2.37. The highest BCUT2D eigenvalue weighted by Crippen LogP contribution is 2.32. The van der Waals surface area contributed by atoms with Crippen molar-refractivity contribution in [1.29, 1.82) is 0 Å². The Hall–Kier alpha value is -3.19.